The molecule has 0 bridgehead atoms. The normalized spacial score (nSPS) is 13.2. The van der Waals surface area contributed by atoms with Crippen LogP contribution in [-0.4, -0.2) is 53.8 Å². The maximum absolute atomic E-state index is 12.2. The van der Waals surface area contributed by atoms with E-state index < -0.39 is 0 Å². The molecule has 0 radical (unpaired) electrons. The van der Waals surface area contributed by atoms with Crippen LogP contribution in [0.3, 0.4) is 0 Å². The average Bonchev–Trinajstić information content (AvgIpc) is 2.83. The lowest BCUT2D eigenvalue weighted by atomic mass is 10.1. The second-order valence-electron chi connectivity index (χ2n) is 5.88. The van der Waals surface area contributed by atoms with E-state index >= 15 is 0 Å². The summed E-state index contributed by atoms with van der Waals surface area (Å²) in [5.74, 6) is -0.581. The van der Waals surface area contributed by atoms with E-state index in [4.69, 9.17) is 0 Å². The van der Waals surface area contributed by atoms with Crippen molar-refractivity contribution in [2.75, 3.05) is 26.2 Å². The third-order valence-electron chi connectivity index (χ3n) is 4.05. The number of nitrogens with zero attached hydrogens (tertiary/aromatic N) is 2. The zero-order valence-electron chi connectivity index (χ0n) is 14.4. The number of rotatable bonds is 8. The van der Waals surface area contributed by atoms with Gasteiger partial charge >= 0.3 is 6.03 Å². The molecule has 0 atom stereocenters. The molecule has 6 nitrogen and oxygen atoms in total. The smallest absolute Gasteiger partial charge is 0.317 e. The van der Waals surface area contributed by atoms with Gasteiger partial charge in [-0.05, 0) is 25.0 Å². The van der Waals surface area contributed by atoms with Gasteiger partial charge in [-0.15, -0.1) is 0 Å². The van der Waals surface area contributed by atoms with Crippen LogP contribution in [-0.2, 0) is 0 Å². The molecule has 1 aliphatic rings. The third kappa shape index (κ3) is 3.93. The van der Waals surface area contributed by atoms with Crippen molar-refractivity contribution >= 4 is 17.8 Å². The van der Waals surface area contributed by atoms with Gasteiger partial charge in [0.15, 0.2) is 0 Å². The fraction of sp³-hybridized carbons (Fsp3) is 0.500. The Kier molecular flexibility index (Phi) is 6.35. The molecular weight excluding hydrogens is 306 g/mol. The molecule has 0 unspecified atom stereocenters. The summed E-state index contributed by atoms with van der Waals surface area (Å²) in [6.45, 7) is 6.00. The number of carbonyl (C=O) groups excluding carboxylic acids is 3. The Labute approximate surface area is 142 Å². The highest BCUT2D eigenvalue weighted by molar-refractivity contribution is 6.21. The number of amides is 4. The molecular formula is C18H25N3O3. The van der Waals surface area contributed by atoms with Gasteiger partial charge in [-0.25, -0.2) is 4.79 Å². The minimum atomic E-state index is -0.291. The molecule has 24 heavy (non-hydrogen) atoms. The minimum absolute atomic E-state index is 0.137. The summed E-state index contributed by atoms with van der Waals surface area (Å²) in [6.07, 6.45) is 2.89. The number of urea groups is 1. The Morgan fingerprint density at radius 1 is 1.04 bits per heavy atom. The molecule has 6 heteroatoms. The molecule has 1 aliphatic heterocycles. The van der Waals surface area contributed by atoms with Crippen molar-refractivity contribution in [3.8, 4) is 0 Å². The van der Waals surface area contributed by atoms with Crippen molar-refractivity contribution in [1.29, 1.82) is 0 Å². The average molecular weight is 331 g/mol. The number of nitrogens with one attached hydrogen (secondary N) is 1. The van der Waals surface area contributed by atoms with Gasteiger partial charge in [0, 0.05) is 26.2 Å². The van der Waals surface area contributed by atoms with E-state index in [-0.39, 0.29) is 30.9 Å². The quantitative estimate of drug-likeness (QED) is 0.744. The maximum atomic E-state index is 12.2. The molecule has 4 amide bonds. The Balaban J connectivity index is 1.87. The van der Waals surface area contributed by atoms with Crippen LogP contribution in [0.4, 0.5) is 4.79 Å². The first-order chi connectivity index (χ1) is 11.6. The molecule has 0 saturated heterocycles. The third-order valence-corrected chi connectivity index (χ3v) is 4.05. The van der Waals surface area contributed by atoms with Crippen molar-refractivity contribution in [3.05, 3.63) is 35.4 Å². The van der Waals surface area contributed by atoms with Crippen LogP contribution in [0.5, 0.6) is 0 Å². The first-order valence-corrected chi connectivity index (χ1v) is 8.58. The lowest BCUT2D eigenvalue weighted by Gasteiger charge is -2.23. The standard InChI is InChI=1S/C18H25N3O3/c1-3-5-12-20(11-4-2)18(24)19-10-13-21-16(22)14-8-6-7-9-15(14)17(21)23/h6-9H,3-5,10-13H2,1-2H3,(H,19,24). The molecule has 0 aromatic heterocycles. The highest BCUT2D eigenvalue weighted by Crippen LogP contribution is 2.21. The van der Waals surface area contributed by atoms with Gasteiger partial charge in [0.05, 0.1) is 11.1 Å². The molecule has 0 spiro atoms. The van der Waals surface area contributed by atoms with Crippen molar-refractivity contribution in [3.63, 3.8) is 0 Å². The predicted octanol–water partition coefficient (Wildman–Crippen LogP) is 2.50. The van der Waals surface area contributed by atoms with E-state index in [9.17, 15) is 14.4 Å². The second-order valence-corrected chi connectivity index (χ2v) is 5.88. The van der Waals surface area contributed by atoms with Crippen molar-refractivity contribution in [2.45, 2.75) is 33.1 Å². The number of hydrogen-bond donors (Lipinski definition) is 1. The first kappa shape index (κ1) is 18.0. The molecule has 1 aromatic carbocycles. The van der Waals surface area contributed by atoms with Crippen LogP contribution in [0.25, 0.3) is 0 Å². The number of benzene rings is 1. The number of hydrogen-bond acceptors (Lipinski definition) is 3. The Morgan fingerprint density at radius 2 is 1.67 bits per heavy atom. The van der Waals surface area contributed by atoms with Gasteiger partial charge < -0.3 is 10.2 Å². The van der Waals surface area contributed by atoms with E-state index in [1.165, 1.54) is 4.90 Å². The molecule has 1 N–H and O–H groups in total. The monoisotopic (exact) mass is 331 g/mol. The van der Waals surface area contributed by atoms with Crippen LogP contribution < -0.4 is 5.32 Å². The van der Waals surface area contributed by atoms with E-state index in [2.05, 4.69) is 12.2 Å². The first-order valence-electron chi connectivity index (χ1n) is 8.58. The van der Waals surface area contributed by atoms with Crippen LogP contribution in [0.2, 0.25) is 0 Å². The summed E-state index contributed by atoms with van der Waals surface area (Å²) in [5, 5.41) is 2.81. The SMILES string of the molecule is CCCCN(CCC)C(=O)NCCN1C(=O)c2ccccc2C1=O. The number of fused-ring (bicyclic) bond motifs is 1. The summed E-state index contributed by atoms with van der Waals surface area (Å²) in [7, 11) is 0. The van der Waals surface area contributed by atoms with Crippen LogP contribution in [0, 0.1) is 0 Å². The summed E-state index contributed by atoms with van der Waals surface area (Å²) >= 11 is 0. The minimum Gasteiger partial charge on any atom is -0.336 e. The highest BCUT2D eigenvalue weighted by atomic mass is 16.2. The topological polar surface area (TPSA) is 69.7 Å². The van der Waals surface area contributed by atoms with Gasteiger partial charge in [0.1, 0.15) is 0 Å². The van der Waals surface area contributed by atoms with E-state index in [1.807, 2.05) is 6.92 Å². The van der Waals surface area contributed by atoms with E-state index in [1.54, 1.807) is 29.2 Å². The summed E-state index contributed by atoms with van der Waals surface area (Å²) in [6, 6.07) is 6.66. The molecule has 0 saturated carbocycles. The lowest BCUT2D eigenvalue weighted by Crippen LogP contribution is -2.44. The largest absolute Gasteiger partial charge is 0.336 e. The van der Waals surface area contributed by atoms with Crippen LogP contribution >= 0.6 is 0 Å². The van der Waals surface area contributed by atoms with Gasteiger partial charge in [-0.1, -0.05) is 32.4 Å². The predicted molar refractivity (Wildman–Crippen MR) is 92.0 cm³/mol. The number of carbonyl (C=O) groups is 3. The van der Waals surface area contributed by atoms with Crippen LogP contribution in [0.1, 0.15) is 53.8 Å². The maximum Gasteiger partial charge on any atom is 0.317 e. The van der Waals surface area contributed by atoms with Crippen LogP contribution in [0.15, 0.2) is 24.3 Å². The fourth-order valence-corrected chi connectivity index (χ4v) is 2.76. The van der Waals surface area contributed by atoms with Crippen molar-refractivity contribution in [2.24, 2.45) is 0 Å². The molecule has 1 aromatic rings. The molecule has 130 valence electrons. The van der Waals surface area contributed by atoms with Gasteiger partial charge in [0.25, 0.3) is 11.8 Å². The zero-order chi connectivity index (χ0) is 17.5. The molecule has 2 rings (SSSR count). The van der Waals surface area contributed by atoms with Gasteiger partial charge in [-0.2, -0.15) is 0 Å². The zero-order valence-corrected chi connectivity index (χ0v) is 14.4. The second kappa shape index (κ2) is 8.47. The molecule has 0 aliphatic carbocycles. The fourth-order valence-electron chi connectivity index (χ4n) is 2.76. The number of imide groups is 1. The highest BCUT2D eigenvalue weighted by Gasteiger charge is 2.34. The summed E-state index contributed by atoms with van der Waals surface area (Å²) in [4.78, 5) is 39.7. The van der Waals surface area contributed by atoms with Gasteiger partial charge in [-0.3, -0.25) is 14.5 Å². The van der Waals surface area contributed by atoms with Gasteiger partial charge in [0.2, 0.25) is 0 Å². The summed E-state index contributed by atoms with van der Waals surface area (Å²) < 4.78 is 0. The Hall–Kier alpha value is -2.37. The van der Waals surface area contributed by atoms with Crippen molar-refractivity contribution < 1.29 is 14.4 Å². The molecule has 1 heterocycles. The Morgan fingerprint density at radius 3 is 2.21 bits per heavy atom. The number of unbranched alkanes of at least 4 members (excludes halogenated alkanes) is 1. The van der Waals surface area contributed by atoms with E-state index in [0.29, 0.717) is 17.7 Å². The summed E-state index contributed by atoms with van der Waals surface area (Å²) in [5.41, 5.74) is 0.869. The van der Waals surface area contributed by atoms with E-state index in [0.717, 1.165) is 25.8 Å². The van der Waals surface area contributed by atoms with Crippen molar-refractivity contribution in [1.82, 2.24) is 15.1 Å². The molecule has 0 fully saturated rings. The lowest BCUT2D eigenvalue weighted by molar-refractivity contribution is 0.0655. The Bertz CT molecular complexity index is 580.